The zero-order valence-electron chi connectivity index (χ0n) is 13.3. The SMILES string of the molecule is CC(C)(N)CNC(=O)CCCN=C1NS(=O)(=O)c2ccccc21. The molecule has 1 heterocycles. The molecule has 0 aliphatic carbocycles. The Bertz CT molecular complexity index is 720. The first-order chi connectivity index (χ1) is 10.7. The van der Waals surface area contributed by atoms with Gasteiger partial charge in [0.15, 0.2) is 0 Å². The Kier molecular flexibility index (Phi) is 5.06. The summed E-state index contributed by atoms with van der Waals surface area (Å²) in [6.45, 7) is 4.45. The van der Waals surface area contributed by atoms with Gasteiger partial charge in [0.2, 0.25) is 5.91 Å². The highest BCUT2D eigenvalue weighted by Gasteiger charge is 2.29. The minimum absolute atomic E-state index is 0.0869. The van der Waals surface area contributed by atoms with Crippen LogP contribution in [0.4, 0.5) is 0 Å². The van der Waals surface area contributed by atoms with Crippen LogP contribution < -0.4 is 15.8 Å². The maximum atomic E-state index is 11.9. The van der Waals surface area contributed by atoms with Gasteiger partial charge in [0, 0.05) is 30.6 Å². The summed E-state index contributed by atoms with van der Waals surface area (Å²) in [6, 6.07) is 6.69. The number of fused-ring (bicyclic) bond motifs is 1. The van der Waals surface area contributed by atoms with Gasteiger partial charge >= 0.3 is 0 Å². The number of nitrogens with zero attached hydrogens (tertiary/aromatic N) is 1. The third-order valence-electron chi connectivity index (χ3n) is 3.24. The molecule has 126 valence electrons. The number of carbonyl (C=O) groups is 1. The second kappa shape index (κ2) is 6.67. The second-order valence-corrected chi connectivity index (χ2v) is 7.85. The summed E-state index contributed by atoms with van der Waals surface area (Å²) in [4.78, 5) is 16.2. The predicted octanol–water partition coefficient (Wildman–Crippen LogP) is 0.359. The smallest absolute Gasteiger partial charge is 0.263 e. The predicted molar refractivity (Wildman–Crippen MR) is 88.7 cm³/mol. The molecule has 0 bridgehead atoms. The van der Waals surface area contributed by atoms with E-state index in [2.05, 4.69) is 15.0 Å². The van der Waals surface area contributed by atoms with Gasteiger partial charge in [0.25, 0.3) is 10.0 Å². The first-order valence-electron chi connectivity index (χ1n) is 7.41. The summed E-state index contributed by atoms with van der Waals surface area (Å²) in [6.07, 6.45) is 0.853. The molecular weight excluding hydrogens is 316 g/mol. The number of nitrogens with two attached hydrogens (primary N) is 1. The van der Waals surface area contributed by atoms with E-state index < -0.39 is 15.6 Å². The molecule has 1 amide bonds. The number of benzene rings is 1. The molecule has 1 aliphatic rings. The van der Waals surface area contributed by atoms with Crippen molar-refractivity contribution < 1.29 is 13.2 Å². The van der Waals surface area contributed by atoms with Crippen LogP contribution >= 0.6 is 0 Å². The summed E-state index contributed by atoms with van der Waals surface area (Å²) < 4.78 is 26.3. The maximum absolute atomic E-state index is 11.9. The van der Waals surface area contributed by atoms with Crippen molar-refractivity contribution in [1.82, 2.24) is 10.0 Å². The average molecular weight is 338 g/mol. The third-order valence-corrected chi connectivity index (χ3v) is 4.63. The lowest BCUT2D eigenvalue weighted by Gasteiger charge is -2.18. The van der Waals surface area contributed by atoms with E-state index in [9.17, 15) is 13.2 Å². The number of carbonyl (C=O) groups excluding carboxylic acids is 1. The van der Waals surface area contributed by atoms with E-state index in [0.717, 1.165) is 0 Å². The van der Waals surface area contributed by atoms with Gasteiger partial charge in [-0.05, 0) is 32.4 Å². The Morgan fingerprint density at radius 1 is 1.35 bits per heavy atom. The summed E-state index contributed by atoms with van der Waals surface area (Å²) >= 11 is 0. The Morgan fingerprint density at radius 2 is 2.04 bits per heavy atom. The van der Waals surface area contributed by atoms with Gasteiger partial charge in [-0.25, -0.2) is 8.42 Å². The fourth-order valence-electron chi connectivity index (χ4n) is 2.10. The normalized spacial score (nSPS) is 17.6. The number of rotatable bonds is 6. The molecule has 7 nitrogen and oxygen atoms in total. The van der Waals surface area contributed by atoms with Gasteiger partial charge in [-0.3, -0.25) is 14.5 Å². The molecule has 1 aromatic rings. The van der Waals surface area contributed by atoms with Crippen molar-refractivity contribution >= 4 is 21.8 Å². The van der Waals surface area contributed by atoms with Gasteiger partial charge in [-0.1, -0.05) is 12.1 Å². The molecule has 0 spiro atoms. The molecule has 0 saturated carbocycles. The van der Waals surface area contributed by atoms with E-state index >= 15 is 0 Å². The number of hydrogen-bond acceptors (Lipinski definition) is 5. The topological polar surface area (TPSA) is 114 Å². The fraction of sp³-hybridized carbons (Fsp3) is 0.467. The van der Waals surface area contributed by atoms with Crippen molar-refractivity contribution in [3.63, 3.8) is 0 Å². The molecule has 8 heteroatoms. The summed E-state index contributed by atoms with van der Waals surface area (Å²) in [5.41, 5.74) is 5.92. The van der Waals surface area contributed by atoms with Crippen molar-refractivity contribution in [2.45, 2.75) is 37.1 Å². The molecule has 0 unspecified atom stereocenters. The molecular formula is C15H22N4O3S. The highest BCUT2D eigenvalue weighted by atomic mass is 32.2. The number of sulfonamides is 1. The van der Waals surface area contributed by atoms with Crippen LogP contribution in [0.2, 0.25) is 0 Å². The standard InChI is InChI=1S/C15H22N4O3S/c1-15(2,16)10-18-13(20)8-5-9-17-14-11-6-3-4-7-12(11)23(21,22)19-14/h3-4,6-7H,5,8-10,16H2,1-2H3,(H,17,19)(H,18,20). The third kappa shape index (κ3) is 4.77. The number of nitrogens with one attached hydrogen (secondary N) is 2. The Balaban J connectivity index is 1.87. The van der Waals surface area contributed by atoms with E-state index in [-0.39, 0.29) is 10.8 Å². The second-order valence-electron chi connectivity index (χ2n) is 6.20. The Hall–Kier alpha value is -1.93. The maximum Gasteiger partial charge on any atom is 0.263 e. The lowest BCUT2D eigenvalue weighted by Crippen LogP contribution is -2.45. The van der Waals surface area contributed by atoms with Crippen LogP contribution in [-0.4, -0.2) is 38.8 Å². The van der Waals surface area contributed by atoms with Gasteiger partial charge in [-0.15, -0.1) is 0 Å². The minimum Gasteiger partial charge on any atom is -0.354 e. The summed E-state index contributed by atoms with van der Waals surface area (Å²) in [5.74, 6) is 0.250. The Morgan fingerprint density at radius 3 is 2.74 bits per heavy atom. The van der Waals surface area contributed by atoms with E-state index in [0.29, 0.717) is 37.3 Å². The highest BCUT2D eigenvalue weighted by molar-refractivity contribution is 7.90. The summed E-state index contributed by atoms with van der Waals surface area (Å²) in [7, 11) is -3.51. The molecule has 0 atom stereocenters. The van der Waals surface area contributed by atoms with E-state index in [1.165, 1.54) is 0 Å². The molecule has 23 heavy (non-hydrogen) atoms. The molecule has 2 rings (SSSR count). The van der Waals surface area contributed by atoms with Crippen molar-refractivity contribution in [1.29, 1.82) is 0 Å². The zero-order valence-corrected chi connectivity index (χ0v) is 14.1. The lowest BCUT2D eigenvalue weighted by molar-refractivity contribution is -0.121. The van der Waals surface area contributed by atoms with Crippen LogP contribution in [0.5, 0.6) is 0 Å². The quantitative estimate of drug-likeness (QED) is 0.650. The average Bonchev–Trinajstić information content (AvgIpc) is 2.73. The minimum atomic E-state index is -3.51. The molecule has 0 aromatic heterocycles. The van der Waals surface area contributed by atoms with Crippen LogP contribution in [0.3, 0.4) is 0 Å². The molecule has 0 fully saturated rings. The van der Waals surface area contributed by atoms with Crippen molar-refractivity contribution in [2.24, 2.45) is 10.7 Å². The first-order valence-corrected chi connectivity index (χ1v) is 8.90. The number of amides is 1. The van der Waals surface area contributed by atoms with E-state index in [1.54, 1.807) is 24.3 Å². The molecule has 1 aliphatic heterocycles. The van der Waals surface area contributed by atoms with Crippen LogP contribution in [0.1, 0.15) is 32.3 Å². The van der Waals surface area contributed by atoms with Crippen molar-refractivity contribution in [3.05, 3.63) is 29.8 Å². The van der Waals surface area contributed by atoms with Gasteiger partial charge in [0.1, 0.15) is 5.84 Å². The van der Waals surface area contributed by atoms with Crippen LogP contribution in [0.25, 0.3) is 0 Å². The number of amidine groups is 1. The van der Waals surface area contributed by atoms with Gasteiger partial charge < -0.3 is 11.1 Å². The van der Waals surface area contributed by atoms with Crippen LogP contribution in [0.15, 0.2) is 34.2 Å². The van der Waals surface area contributed by atoms with E-state index in [1.807, 2.05) is 13.8 Å². The summed E-state index contributed by atoms with van der Waals surface area (Å²) in [5, 5.41) is 2.76. The van der Waals surface area contributed by atoms with E-state index in [4.69, 9.17) is 5.73 Å². The molecule has 0 saturated heterocycles. The fourth-order valence-corrected chi connectivity index (χ4v) is 3.35. The molecule has 4 N–H and O–H groups in total. The zero-order chi connectivity index (χ0) is 17.1. The van der Waals surface area contributed by atoms with Crippen LogP contribution in [0, 0.1) is 0 Å². The van der Waals surface area contributed by atoms with Crippen molar-refractivity contribution in [2.75, 3.05) is 13.1 Å². The molecule has 0 radical (unpaired) electrons. The highest BCUT2D eigenvalue weighted by Crippen LogP contribution is 2.22. The first kappa shape index (κ1) is 17.4. The monoisotopic (exact) mass is 338 g/mol. The largest absolute Gasteiger partial charge is 0.354 e. The van der Waals surface area contributed by atoms with Gasteiger partial charge in [-0.2, -0.15) is 0 Å². The molecule has 1 aromatic carbocycles. The van der Waals surface area contributed by atoms with Gasteiger partial charge in [0.05, 0.1) is 4.90 Å². The van der Waals surface area contributed by atoms with Crippen LogP contribution in [-0.2, 0) is 14.8 Å². The number of hydrogen-bond donors (Lipinski definition) is 3. The number of aliphatic imine (C=N–C) groups is 1. The Labute approximate surface area is 136 Å². The van der Waals surface area contributed by atoms with Crippen molar-refractivity contribution in [3.8, 4) is 0 Å². The lowest BCUT2D eigenvalue weighted by atomic mass is 10.1.